The number of fused-ring (bicyclic) bond motifs is 3. The van der Waals surface area contributed by atoms with Crippen LogP contribution < -0.4 is 10.6 Å². The Morgan fingerprint density at radius 1 is 1.12 bits per heavy atom. The van der Waals surface area contributed by atoms with Crippen molar-refractivity contribution in [2.24, 2.45) is 7.05 Å². The van der Waals surface area contributed by atoms with Crippen LogP contribution in [0.2, 0.25) is 5.02 Å². The SMILES string of the molecule is Cn1nc2c3c(c(NC(=O)c4cc(F)cc(C(F)(F)F)c4)cc2c1C1CCC1(F)F)C(c1cc(F)ccc1Cl)NC3=O. The van der Waals surface area contributed by atoms with E-state index >= 15 is 0 Å². The maximum absolute atomic E-state index is 14.5. The van der Waals surface area contributed by atoms with Crippen LogP contribution in [0.1, 0.15) is 67.9 Å². The lowest BCUT2D eigenvalue weighted by Gasteiger charge is -2.36. The van der Waals surface area contributed by atoms with Gasteiger partial charge in [-0.2, -0.15) is 18.3 Å². The molecule has 0 bridgehead atoms. The molecule has 0 radical (unpaired) electrons. The normalized spacial score (nSPS) is 19.4. The highest BCUT2D eigenvalue weighted by Crippen LogP contribution is 2.53. The topological polar surface area (TPSA) is 76.0 Å². The summed E-state index contributed by atoms with van der Waals surface area (Å²) >= 11 is 6.31. The summed E-state index contributed by atoms with van der Waals surface area (Å²) in [6, 6.07) is 4.78. The van der Waals surface area contributed by atoms with Crippen LogP contribution in [0.5, 0.6) is 0 Å². The summed E-state index contributed by atoms with van der Waals surface area (Å²) in [6.45, 7) is 0. The first-order chi connectivity index (χ1) is 19.7. The number of nitrogens with one attached hydrogen (secondary N) is 2. The van der Waals surface area contributed by atoms with Crippen LogP contribution in [0, 0.1) is 11.6 Å². The number of aryl methyl sites for hydroxylation is 1. The summed E-state index contributed by atoms with van der Waals surface area (Å²) in [5.74, 6) is -8.23. The lowest BCUT2D eigenvalue weighted by atomic mass is 9.77. The Bertz CT molecular complexity index is 1820. The maximum atomic E-state index is 14.5. The van der Waals surface area contributed by atoms with Crippen molar-refractivity contribution >= 4 is 40.0 Å². The van der Waals surface area contributed by atoms with Crippen molar-refractivity contribution in [3.63, 3.8) is 0 Å². The number of hydrogen-bond donors (Lipinski definition) is 2. The van der Waals surface area contributed by atoms with Gasteiger partial charge in [-0.3, -0.25) is 14.3 Å². The lowest BCUT2D eigenvalue weighted by Crippen LogP contribution is -2.37. The van der Waals surface area contributed by atoms with Crippen LogP contribution in [-0.4, -0.2) is 27.5 Å². The highest BCUT2D eigenvalue weighted by Gasteiger charge is 2.51. The molecule has 1 saturated carbocycles. The molecule has 6 rings (SSSR count). The second-order valence-electron chi connectivity index (χ2n) is 10.2. The first kappa shape index (κ1) is 28.0. The van der Waals surface area contributed by atoms with Crippen molar-refractivity contribution in [3.05, 3.63) is 92.6 Å². The fourth-order valence-corrected chi connectivity index (χ4v) is 5.80. The van der Waals surface area contributed by atoms with E-state index in [1.807, 2.05) is 0 Å². The summed E-state index contributed by atoms with van der Waals surface area (Å²) in [6.07, 6.45) is -5.19. The van der Waals surface area contributed by atoms with Gasteiger partial charge in [0.2, 0.25) is 0 Å². The Morgan fingerprint density at radius 3 is 2.50 bits per heavy atom. The molecule has 2 aliphatic rings. The number of anilines is 1. The monoisotopic (exact) mass is 610 g/mol. The number of halogens is 8. The molecule has 1 fully saturated rings. The number of carbonyl (C=O) groups excluding carboxylic acids is 2. The number of carbonyl (C=O) groups is 2. The van der Waals surface area contributed by atoms with E-state index in [2.05, 4.69) is 15.7 Å². The molecule has 1 aliphatic carbocycles. The minimum Gasteiger partial charge on any atom is -0.341 e. The largest absolute Gasteiger partial charge is 0.416 e. The molecule has 2 N–H and O–H groups in total. The van der Waals surface area contributed by atoms with Crippen molar-refractivity contribution in [3.8, 4) is 0 Å². The number of hydrogen-bond acceptors (Lipinski definition) is 3. The zero-order valence-corrected chi connectivity index (χ0v) is 22.1. The number of amides is 2. The van der Waals surface area contributed by atoms with E-state index in [4.69, 9.17) is 11.6 Å². The third-order valence-electron chi connectivity index (χ3n) is 7.62. The number of rotatable bonds is 4. The predicted octanol–water partition coefficient (Wildman–Crippen LogP) is 7.12. The standard InChI is InChI=1S/C28H18ClF7N4O2/c1-40-24(17-4-5-27(17,32)33)16-10-19(37-25(41)11-6-12(28(34,35)36)8-14(31)7-11)20-21(23(16)39-40)26(42)38-22(20)15-9-13(30)2-3-18(15)29/h2-3,6-10,17,22H,4-5H2,1H3,(H,37,41)(H,38,42). The Balaban J connectivity index is 1.57. The average molecular weight is 611 g/mol. The average Bonchev–Trinajstić information content (AvgIpc) is 3.40. The minimum atomic E-state index is -4.95. The van der Waals surface area contributed by atoms with Crippen molar-refractivity contribution in [1.82, 2.24) is 15.1 Å². The molecule has 2 amide bonds. The van der Waals surface area contributed by atoms with Crippen molar-refractivity contribution < 1.29 is 40.3 Å². The third-order valence-corrected chi connectivity index (χ3v) is 7.96. The third kappa shape index (κ3) is 4.46. The molecule has 3 aromatic carbocycles. The van der Waals surface area contributed by atoms with Gasteiger partial charge < -0.3 is 10.6 Å². The van der Waals surface area contributed by atoms with E-state index < -0.39 is 58.6 Å². The molecular formula is C28H18ClF7N4O2. The van der Waals surface area contributed by atoms with Gasteiger partial charge in [0.1, 0.15) is 17.2 Å². The molecular weight excluding hydrogens is 593 g/mol. The summed E-state index contributed by atoms with van der Waals surface area (Å²) in [4.78, 5) is 26.6. The van der Waals surface area contributed by atoms with Crippen molar-refractivity contribution in [2.45, 2.75) is 36.9 Å². The summed E-state index contributed by atoms with van der Waals surface area (Å²) < 4.78 is 98.5. The molecule has 6 nitrogen and oxygen atoms in total. The first-order valence-electron chi connectivity index (χ1n) is 12.5. The summed E-state index contributed by atoms with van der Waals surface area (Å²) in [5, 5.41) is 9.54. The number of nitrogens with zero attached hydrogens (tertiary/aromatic N) is 2. The van der Waals surface area contributed by atoms with E-state index in [0.29, 0.717) is 12.1 Å². The Kier molecular flexibility index (Phi) is 6.30. The minimum absolute atomic E-state index is 0.0286. The Labute approximate surface area is 237 Å². The van der Waals surface area contributed by atoms with Gasteiger partial charge in [0.05, 0.1) is 28.8 Å². The van der Waals surface area contributed by atoms with Gasteiger partial charge in [0, 0.05) is 46.3 Å². The van der Waals surface area contributed by atoms with Gasteiger partial charge in [-0.25, -0.2) is 17.6 Å². The van der Waals surface area contributed by atoms with Gasteiger partial charge in [0.15, 0.2) is 0 Å². The molecule has 42 heavy (non-hydrogen) atoms. The van der Waals surface area contributed by atoms with Gasteiger partial charge in [-0.15, -0.1) is 0 Å². The zero-order chi connectivity index (χ0) is 30.3. The fraction of sp³-hybridized carbons (Fsp3) is 0.250. The number of aromatic nitrogens is 2. The fourth-order valence-electron chi connectivity index (χ4n) is 5.58. The van der Waals surface area contributed by atoms with Gasteiger partial charge in [-0.1, -0.05) is 11.6 Å². The van der Waals surface area contributed by atoms with Crippen molar-refractivity contribution in [2.75, 3.05) is 5.32 Å². The van der Waals surface area contributed by atoms with Crippen LogP contribution in [0.3, 0.4) is 0 Å². The molecule has 2 unspecified atom stereocenters. The van der Waals surface area contributed by atoms with Crippen molar-refractivity contribution in [1.29, 1.82) is 0 Å². The first-order valence-corrected chi connectivity index (χ1v) is 12.9. The zero-order valence-electron chi connectivity index (χ0n) is 21.3. The maximum Gasteiger partial charge on any atom is 0.416 e. The Hall–Kier alpha value is -4.13. The highest BCUT2D eigenvalue weighted by atomic mass is 35.5. The van der Waals surface area contributed by atoms with Crippen LogP contribution in [0.25, 0.3) is 10.9 Å². The van der Waals surface area contributed by atoms with Crippen LogP contribution in [0.15, 0.2) is 42.5 Å². The number of benzene rings is 3. The smallest absolute Gasteiger partial charge is 0.341 e. The molecule has 1 aromatic heterocycles. The molecule has 4 aromatic rings. The molecule has 1 aliphatic heterocycles. The lowest BCUT2D eigenvalue weighted by molar-refractivity contribution is -0.137. The van der Waals surface area contributed by atoms with Crippen LogP contribution in [-0.2, 0) is 13.2 Å². The van der Waals surface area contributed by atoms with E-state index in [9.17, 15) is 40.3 Å². The second-order valence-corrected chi connectivity index (χ2v) is 10.6. The van der Waals surface area contributed by atoms with Crippen LogP contribution in [0.4, 0.5) is 36.4 Å². The van der Waals surface area contributed by atoms with Gasteiger partial charge >= 0.3 is 6.18 Å². The Morgan fingerprint density at radius 2 is 1.86 bits per heavy atom. The molecule has 218 valence electrons. The van der Waals surface area contributed by atoms with E-state index in [-0.39, 0.29) is 62.9 Å². The molecule has 0 saturated heterocycles. The van der Waals surface area contributed by atoms with E-state index in [1.165, 1.54) is 23.9 Å². The molecule has 0 spiro atoms. The van der Waals surface area contributed by atoms with Gasteiger partial charge in [-0.05, 0) is 48.9 Å². The summed E-state index contributed by atoms with van der Waals surface area (Å²) in [5.41, 5.74) is -2.14. The molecule has 14 heteroatoms. The van der Waals surface area contributed by atoms with E-state index in [0.717, 1.165) is 12.1 Å². The molecule has 2 atom stereocenters. The number of alkyl halides is 5. The van der Waals surface area contributed by atoms with Crippen LogP contribution >= 0.6 is 11.6 Å². The quantitative estimate of drug-likeness (QED) is 0.242. The summed E-state index contributed by atoms with van der Waals surface area (Å²) in [7, 11) is 1.42. The van der Waals surface area contributed by atoms with E-state index in [1.54, 1.807) is 0 Å². The highest BCUT2D eigenvalue weighted by molar-refractivity contribution is 6.31. The second kappa shape index (κ2) is 9.45. The van der Waals surface area contributed by atoms with Gasteiger partial charge in [0.25, 0.3) is 17.7 Å². The predicted molar refractivity (Wildman–Crippen MR) is 138 cm³/mol. The molecule has 2 heterocycles.